The lowest BCUT2D eigenvalue weighted by molar-refractivity contribution is -0.123. The molecule has 2 aliphatic heterocycles. The molecule has 3 aliphatic carbocycles. The van der Waals surface area contributed by atoms with E-state index in [2.05, 4.69) is 33.8 Å². The molecule has 2 fully saturated rings. The lowest BCUT2D eigenvalue weighted by atomic mass is 9.65. The molecule has 3 heterocycles. The van der Waals surface area contributed by atoms with E-state index < -0.39 is 5.41 Å². The monoisotopic (exact) mass is 391 g/mol. The minimum Gasteiger partial charge on any atom is -0.299 e. The maximum atomic E-state index is 13.5. The van der Waals surface area contributed by atoms with Gasteiger partial charge < -0.3 is 0 Å². The molecule has 0 saturated heterocycles. The fraction of sp³-hybridized carbons (Fsp3) is 0.522. The number of hydrogen-bond acceptors (Lipinski definition) is 3. The Kier molecular flexibility index (Phi) is 2.82. The van der Waals surface area contributed by atoms with Crippen molar-refractivity contribution in [2.24, 2.45) is 28.1 Å². The third-order valence-electron chi connectivity index (χ3n) is 8.43. The molecule has 0 radical (unpaired) electrons. The highest BCUT2D eigenvalue weighted by Crippen LogP contribution is 2.88. The summed E-state index contributed by atoms with van der Waals surface area (Å²) in [6.45, 7) is 8.65. The number of aromatic nitrogens is 3. The summed E-state index contributed by atoms with van der Waals surface area (Å²) < 4.78 is 4.54. The van der Waals surface area contributed by atoms with Gasteiger partial charge in [-0.25, -0.2) is 23.5 Å². The van der Waals surface area contributed by atoms with Gasteiger partial charge in [0.25, 0.3) is 0 Å². The van der Waals surface area contributed by atoms with Crippen molar-refractivity contribution in [2.75, 3.05) is 0 Å². The standard InChI is InChI=1S/C23H25N3O3/c1-21(2,3)15-12-17(27)22(4)18-14-10-11-16(23(15,18)22)26-20(29)24(19(28)25(14)26)13-8-6-5-7-9-13/h5-11,14-16,18H,12H2,1-4H3/t14-,15+,16+,18-,22-,23-/m1/s1. The summed E-state index contributed by atoms with van der Waals surface area (Å²) in [5.74, 6) is 0.563. The van der Waals surface area contributed by atoms with Gasteiger partial charge in [0, 0.05) is 23.2 Å². The maximum absolute atomic E-state index is 13.5. The molecule has 1 aromatic carbocycles. The van der Waals surface area contributed by atoms with Crippen LogP contribution in [0.1, 0.15) is 46.2 Å². The van der Waals surface area contributed by atoms with Crippen LogP contribution in [0.15, 0.2) is 52.1 Å². The smallest absolute Gasteiger partial charge is 0.299 e. The Morgan fingerprint density at radius 2 is 1.62 bits per heavy atom. The molecule has 0 unspecified atom stereocenters. The Hall–Kier alpha value is -2.63. The van der Waals surface area contributed by atoms with Crippen LogP contribution in [-0.2, 0) is 4.79 Å². The van der Waals surface area contributed by atoms with Crippen LogP contribution in [-0.4, -0.2) is 19.7 Å². The van der Waals surface area contributed by atoms with Crippen molar-refractivity contribution < 1.29 is 4.79 Å². The van der Waals surface area contributed by atoms with Gasteiger partial charge in [0.15, 0.2) is 0 Å². The number of hydrogen-bond donors (Lipinski definition) is 0. The van der Waals surface area contributed by atoms with Crippen molar-refractivity contribution in [3.63, 3.8) is 0 Å². The number of rotatable bonds is 1. The van der Waals surface area contributed by atoms with Crippen LogP contribution in [0.3, 0.4) is 0 Å². The highest BCUT2D eigenvalue weighted by atomic mass is 16.2. The molecule has 0 N–H and O–H groups in total. The van der Waals surface area contributed by atoms with Gasteiger partial charge in [-0.1, -0.05) is 58.0 Å². The summed E-state index contributed by atoms with van der Waals surface area (Å²) in [6.07, 6.45) is 4.69. The normalized spacial score (nSPS) is 38.7. The van der Waals surface area contributed by atoms with Crippen LogP contribution in [0.5, 0.6) is 0 Å². The van der Waals surface area contributed by atoms with Crippen molar-refractivity contribution in [3.05, 3.63) is 63.5 Å². The van der Waals surface area contributed by atoms with E-state index in [0.717, 1.165) is 0 Å². The molecule has 150 valence electrons. The molecule has 2 aromatic rings. The summed E-state index contributed by atoms with van der Waals surface area (Å²) >= 11 is 0. The van der Waals surface area contributed by atoms with Crippen molar-refractivity contribution in [3.8, 4) is 5.69 Å². The number of carbonyl (C=O) groups excluding carboxylic acids is 1. The van der Waals surface area contributed by atoms with E-state index in [1.807, 2.05) is 24.3 Å². The van der Waals surface area contributed by atoms with Crippen LogP contribution in [0.25, 0.3) is 5.69 Å². The Morgan fingerprint density at radius 1 is 0.966 bits per heavy atom. The van der Waals surface area contributed by atoms with Crippen LogP contribution in [0, 0.1) is 28.1 Å². The highest BCUT2D eigenvalue weighted by molar-refractivity contribution is 5.94. The Morgan fingerprint density at radius 3 is 2.28 bits per heavy atom. The van der Waals surface area contributed by atoms with Crippen LogP contribution >= 0.6 is 0 Å². The zero-order valence-corrected chi connectivity index (χ0v) is 17.1. The number of benzene rings is 1. The van der Waals surface area contributed by atoms with E-state index >= 15 is 0 Å². The SMILES string of the molecule is CC(C)(C)[C@@H]1CC(=O)[C@]2(C)[C@H]3[C@H]4C=C[C@H](n5c(=O)n(-c6ccccc6)c(=O)n54)[C@]132. The topological polar surface area (TPSA) is 66.0 Å². The molecule has 2 bridgehead atoms. The fourth-order valence-corrected chi connectivity index (χ4v) is 7.40. The summed E-state index contributed by atoms with van der Waals surface area (Å²) in [4.78, 5) is 40.1. The molecule has 6 nitrogen and oxygen atoms in total. The number of Topliss-reactive ketones (excluding diaryl/α,β-unsaturated/α-hetero) is 1. The Balaban J connectivity index is 1.63. The van der Waals surface area contributed by atoms with Crippen molar-refractivity contribution in [1.82, 2.24) is 13.9 Å². The Labute approximate surface area is 168 Å². The second kappa shape index (κ2) is 4.74. The van der Waals surface area contributed by atoms with E-state index in [-0.39, 0.29) is 46.1 Å². The van der Waals surface area contributed by atoms with Crippen LogP contribution < -0.4 is 11.4 Å². The highest BCUT2D eigenvalue weighted by Gasteiger charge is 2.90. The minimum atomic E-state index is -0.466. The van der Waals surface area contributed by atoms with Crippen LogP contribution in [0.2, 0.25) is 0 Å². The van der Waals surface area contributed by atoms with E-state index in [1.165, 1.54) is 4.57 Å². The van der Waals surface area contributed by atoms with Gasteiger partial charge in [0.2, 0.25) is 0 Å². The average molecular weight is 391 g/mol. The van der Waals surface area contributed by atoms with Gasteiger partial charge in [-0.15, -0.1) is 0 Å². The second-order valence-corrected chi connectivity index (χ2v) is 10.4. The quantitative estimate of drug-likeness (QED) is 0.702. The van der Waals surface area contributed by atoms with Gasteiger partial charge in [0.05, 0.1) is 17.8 Å². The van der Waals surface area contributed by atoms with Gasteiger partial charge in [-0.05, 0) is 23.5 Å². The lowest BCUT2D eigenvalue weighted by Gasteiger charge is -2.46. The number of allylic oxidation sites excluding steroid dienone is 2. The summed E-state index contributed by atoms with van der Waals surface area (Å²) in [6, 6.07) is 8.58. The number of ketones is 1. The van der Waals surface area contributed by atoms with Crippen molar-refractivity contribution in [1.29, 1.82) is 0 Å². The predicted octanol–water partition coefficient (Wildman–Crippen LogP) is 2.72. The first-order chi connectivity index (χ1) is 13.7. The third-order valence-corrected chi connectivity index (χ3v) is 8.43. The van der Waals surface area contributed by atoms with Gasteiger partial charge in [0.1, 0.15) is 5.78 Å². The first kappa shape index (κ1) is 17.2. The third kappa shape index (κ3) is 1.59. The zero-order valence-electron chi connectivity index (χ0n) is 17.1. The number of para-hydroxylation sites is 1. The molecule has 1 aromatic heterocycles. The largest absolute Gasteiger partial charge is 0.352 e. The van der Waals surface area contributed by atoms with E-state index in [4.69, 9.17) is 0 Å². The van der Waals surface area contributed by atoms with Gasteiger partial charge >= 0.3 is 11.4 Å². The fourth-order valence-electron chi connectivity index (χ4n) is 7.40. The average Bonchev–Trinajstić information content (AvgIpc) is 3.07. The summed E-state index contributed by atoms with van der Waals surface area (Å²) in [5.41, 5.74) is -0.837. The van der Waals surface area contributed by atoms with E-state index in [9.17, 15) is 14.4 Å². The first-order valence-corrected chi connectivity index (χ1v) is 10.4. The molecule has 0 amide bonds. The molecule has 1 spiro atoms. The van der Waals surface area contributed by atoms with Crippen molar-refractivity contribution in [2.45, 2.75) is 46.2 Å². The maximum Gasteiger partial charge on any atom is 0.352 e. The lowest BCUT2D eigenvalue weighted by Crippen LogP contribution is -2.49. The minimum absolute atomic E-state index is 0.0514. The van der Waals surface area contributed by atoms with Gasteiger partial charge in [-0.3, -0.25) is 4.79 Å². The Bertz CT molecular complexity index is 1220. The summed E-state index contributed by atoms with van der Waals surface area (Å²) in [5, 5.41) is 0. The number of carbonyl (C=O) groups is 1. The molecule has 29 heavy (non-hydrogen) atoms. The molecular weight excluding hydrogens is 366 g/mol. The number of nitrogens with zero attached hydrogens (tertiary/aromatic N) is 3. The molecule has 7 rings (SSSR count). The molecular formula is C23H25N3O3. The van der Waals surface area contributed by atoms with Gasteiger partial charge in [-0.2, -0.15) is 0 Å². The summed E-state index contributed by atoms with van der Waals surface area (Å²) in [7, 11) is 0. The van der Waals surface area contributed by atoms with E-state index in [1.54, 1.807) is 21.5 Å². The van der Waals surface area contributed by atoms with Crippen LogP contribution in [0.4, 0.5) is 0 Å². The zero-order chi connectivity index (χ0) is 20.5. The predicted molar refractivity (Wildman–Crippen MR) is 108 cm³/mol. The van der Waals surface area contributed by atoms with Crippen molar-refractivity contribution >= 4 is 5.78 Å². The molecule has 5 aliphatic rings. The van der Waals surface area contributed by atoms with E-state index in [0.29, 0.717) is 17.9 Å². The molecule has 6 atom stereocenters. The molecule has 6 heteroatoms. The molecule has 2 saturated carbocycles. The first-order valence-electron chi connectivity index (χ1n) is 10.4. The second-order valence-electron chi connectivity index (χ2n) is 10.4.